The topological polar surface area (TPSA) is 15.6 Å². The van der Waals surface area contributed by atoms with Crippen LogP contribution in [0.15, 0.2) is 114 Å². The molecule has 163 valence electrons. The van der Waals surface area contributed by atoms with E-state index in [4.69, 9.17) is 0 Å². The molecule has 0 aromatic carbocycles. The highest BCUT2D eigenvalue weighted by Crippen LogP contribution is 2.26. The van der Waals surface area contributed by atoms with Gasteiger partial charge in [0.2, 0.25) is 0 Å². The molecule has 2 nitrogen and oxygen atoms in total. The van der Waals surface area contributed by atoms with Gasteiger partial charge in [0.05, 0.1) is 0 Å². The SMILES string of the molecule is [CH2]\C=C/C(=C\C1=NC=CC=CC1C)C(/C=C1/CCCCCN1/C=C\C=C/C=C)=C/CC. The Morgan fingerprint density at radius 2 is 2.03 bits per heavy atom. The molecule has 1 saturated heterocycles. The summed E-state index contributed by atoms with van der Waals surface area (Å²) >= 11 is 0. The molecular formula is C29H37N2. The lowest BCUT2D eigenvalue weighted by molar-refractivity contribution is 0.462. The van der Waals surface area contributed by atoms with Crippen LogP contribution in [0.1, 0.15) is 46.0 Å². The first kappa shape index (κ1) is 24.4. The minimum absolute atomic E-state index is 0.271. The van der Waals surface area contributed by atoms with Gasteiger partial charge >= 0.3 is 0 Å². The average molecular weight is 414 g/mol. The van der Waals surface area contributed by atoms with Crippen LogP contribution in [0.3, 0.4) is 0 Å². The fourth-order valence-electron chi connectivity index (χ4n) is 3.64. The van der Waals surface area contributed by atoms with E-state index in [1.54, 1.807) is 6.08 Å². The van der Waals surface area contributed by atoms with Crippen molar-refractivity contribution in [3.05, 3.63) is 116 Å². The summed E-state index contributed by atoms with van der Waals surface area (Å²) < 4.78 is 0. The Kier molecular flexibility index (Phi) is 11.2. The number of aliphatic imine (C=N–C) groups is 1. The van der Waals surface area contributed by atoms with Crippen LogP contribution in [-0.4, -0.2) is 17.2 Å². The van der Waals surface area contributed by atoms with E-state index in [0.29, 0.717) is 0 Å². The van der Waals surface area contributed by atoms with Crippen LogP contribution < -0.4 is 0 Å². The van der Waals surface area contributed by atoms with Crippen molar-refractivity contribution in [2.75, 3.05) is 6.54 Å². The van der Waals surface area contributed by atoms with Crippen LogP contribution in [-0.2, 0) is 0 Å². The van der Waals surface area contributed by atoms with Crippen molar-refractivity contribution in [2.24, 2.45) is 10.9 Å². The fraction of sp³-hybridized carbons (Fsp3) is 0.310. The van der Waals surface area contributed by atoms with E-state index in [9.17, 15) is 0 Å². The molecule has 2 heteroatoms. The maximum absolute atomic E-state index is 4.66. The van der Waals surface area contributed by atoms with Crippen molar-refractivity contribution in [1.82, 2.24) is 4.90 Å². The van der Waals surface area contributed by atoms with Crippen LogP contribution >= 0.6 is 0 Å². The van der Waals surface area contributed by atoms with Gasteiger partial charge in [-0.1, -0.05) is 75.5 Å². The minimum atomic E-state index is 0.271. The molecule has 2 aliphatic rings. The molecule has 0 spiro atoms. The molecule has 1 atom stereocenters. The third kappa shape index (κ3) is 8.41. The molecule has 0 saturated carbocycles. The molecule has 1 radical (unpaired) electrons. The molecular weight excluding hydrogens is 376 g/mol. The van der Waals surface area contributed by atoms with Crippen LogP contribution in [0.2, 0.25) is 0 Å². The highest BCUT2D eigenvalue weighted by Gasteiger charge is 2.14. The third-order valence-electron chi connectivity index (χ3n) is 5.29. The van der Waals surface area contributed by atoms with E-state index in [1.165, 1.54) is 30.5 Å². The second-order valence-corrected chi connectivity index (χ2v) is 7.74. The average Bonchev–Trinajstić information content (AvgIpc) is 3.11. The zero-order valence-electron chi connectivity index (χ0n) is 19.2. The lowest BCUT2D eigenvalue weighted by Crippen LogP contribution is -2.16. The number of nitrogens with zero attached hydrogens (tertiary/aromatic N) is 2. The molecule has 0 aliphatic carbocycles. The van der Waals surface area contributed by atoms with Crippen LogP contribution in [0.4, 0.5) is 0 Å². The Balaban J connectivity index is 2.44. The summed E-state index contributed by atoms with van der Waals surface area (Å²) in [5.74, 6) is 0.271. The van der Waals surface area contributed by atoms with E-state index in [0.717, 1.165) is 30.7 Å². The van der Waals surface area contributed by atoms with Gasteiger partial charge in [0.15, 0.2) is 0 Å². The number of allylic oxidation sites excluding steroid dienone is 15. The predicted molar refractivity (Wildman–Crippen MR) is 138 cm³/mol. The Morgan fingerprint density at radius 3 is 2.81 bits per heavy atom. The van der Waals surface area contributed by atoms with E-state index in [2.05, 4.69) is 86.0 Å². The van der Waals surface area contributed by atoms with Crippen molar-refractivity contribution in [3.8, 4) is 0 Å². The highest BCUT2D eigenvalue weighted by molar-refractivity contribution is 6.00. The molecule has 0 amide bonds. The molecule has 0 bridgehead atoms. The van der Waals surface area contributed by atoms with Gasteiger partial charge in [0.25, 0.3) is 0 Å². The Labute approximate surface area is 189 Å². The second kappa shape index (κ2) is 14.2. The molecule has 31 heavy (non-hydrogen) atoms. The Morgan fingerprint density at radius 1 is 1.16 bits per heavy atom. The molecule has 1 fully saturated rings. The standard InChI is InChI=1S/C29H37N2/c1-5-8-9-14-21-31-22-15-10-11-19-28(31)23-26(16-6-2)27(17-7-3)24-29-25(4)18-12-13-20-30-29/h5,7-9,12-14,16-18,20-21,23-25H,1,3,6,10-11,15,19,22H2,2,4H3/b9-8-,17-7-,21-14-,26-16+,27-24+,28-23-. The van der Waals surface area contributed by atoms with Gasteiger partial charge in [-0.25, -0.2) is 0 Å². The number of likely N-dealkylation sites (tertiary alicyclic amines) is 1. The van der Waals surface area contributed by atoms with Crippen molar-refractivity contribution in [2.45, 2.75) is 46.0 Å². The van der Waals surface area contributed by atoms with Crippen LogP contribution in [0, 0.1) is 12.8 Å². The maximum Gasteiger partial charge on any atom is 0.0475 e. The highest BCUT2D eigenvalue weighted by atomic mass is 15.1. The minimum Gasteiger partial charge on any atom is -0.351 e. The van der Waals surface area contributed by atoms with Crippen LogP contribution in [0.25, 0.3) is 0 Å². The lowest BCUT2D eigenvalue weighted by Gasteiger charge is -2.22. The quantitative estimate of drug-likeness (QED) is 0.370. The van der Waals surface area contributed by atoms with E-state index in [1.807, 2.05) is 30.5 Å². The van der Waals surface area contributed by atoms with E-state index >= 15 is 0 Å². The van der Waals surface area contributed by atoms with Gasteiger partial charge in [-0.05, 0) is 68.1 Å². The van der Waals surface area contributed by atoms with E-state index < -0.39 is 0 Å². The molecule has 1 unspecified atom stereocenters. The first-order valence-electron chi connectivity index (χ1n) is 11.4. The van der Waals surface area contributed by atoms with Crippen molar-refractivity contribution in [1.29, 1.82) is 0 Å². The molecule has 0 aromatic rings. The van der Waals surface area contributed by atoms with Crippen LogP contribution in [0.5, 0.6) is 0 Å². The smallest absolute Gasteiger partial charge is 0.0475 e. The molecule has 2 heterocycles. The fourth-order valence-corrected chi connectivity index (χ4v) is 3.64. The number of hydrogen-bond acceptors (Lipinski definition) is 2. The molecule has 2 aliphatic heterocycles. The van der Waals surface area contributed by atoms with E-state index in [-0.39, 0.29) is 5.92 Å². The number of hydrogen-bond donors (Lipinski definition) is 0. The summed E-state index contributed by atoms with van der Waals surface area (Å²) in [7, 11) is 0. The van der Waals surface area contributed by atoms with Gasteiger partial charge in [-0.3, -0.25) is 4.99 Å². The van der Waals surface area contributed by atoms with Crippen molar-refractivity contribution in [3.63, 3.8) is 0 Å². The largest absolute Gasteiger partial charge is 0.351 e. The van der Waals surface area contributed by atoms with Crippen molar-refractivity contribution < 1.29 is 0 Å². The lowest BCUT2D eigenvalue weighted by atomic mass is 9.96. The summed E-state index contributed by atoms with van der Waals surface area (Å²) in [6, 6.07) is 0. The van der Waals surface area contributed by atoms with Gasteiger partial charge in [0, 0.05) is 36.3 Å². The summed E-state index contributed by atoms with van der Waals surface area (Å²) in [6.07, 6.45) is 34.8. The summed E-state index contributed by atoms with van der Waals surface area (Å²) in [4.78, 5) is 7.06. The Hall–Kier alpha value is -2.87. The molecule has 2 rings (SSSR count). The maximum atomic E-state index is 4.66. The predicted octanol–water partition coefficient (Wildman–Crippen LogP) is 7.82. The molecule has 0 aromatic heterocycles. The van der Waals surface area contributed by atoms with Gasteiger partial charge in [-0.2, -0.15) is 0 Å². The van der Waals surface area contributed by atoms with Crippen molar-refractivity contribution >= 4 is 5.71 Å². The van der Waals surface area contributed by atoms with Gasteiger partial charge in [0.1, 0.15) is 0 Å². The third-order valence-corrected chi connectivity index (χ3v) is 5.29. The summed E-state index contributed by atoms with van der Waals surface area (Å²) in [5.41, 5.74) is 4.80. The van der Waals surface area contributed by atoms with Gasteiger partial charge < -0.3 is 4.90 Å². The number of rotatable bonds is 8. The monoisotopic (exact) mass is 413 g/mol. The second-order valence-electron chi connectivity index (χ2n) is 7.74. The first-order chi connectivity index (χ1) is 15.2. The molecule has 0 N–H and O–H groups in total. The summed E-state index contributed by atoms with van der Waals surface area (Å²) in [6.45, 7) is 13.1. The summed E-state index contributed by atoms with van der Waals surface area (Å²) in [5, 5.41) is 0. The van der Waals surface area contributed by atoms with Gasteiger partial charge in [-0.15, -0.1) is 0 Å². The normalized spacial score (nSPS) is 22.5. The zero-order chi connectivity index (χ0) is 22.3. The zero-order valence-corrected chi connectivity index (χ0v) is 19.2. The Bertz CT molecular complexity index is 853. The first-order valence-corrected chi connectivity index (χ1v) is 11.4.